The summed E-state index contributed by atoms with van der Waals surface area (Å²) >= 11 is 0. The lowest BCUT2D eigenvalue weighted by Crippen LogP contribution is -2.48. The maximum absolute atomic E-state index is 12.2. The van der Waals surface area contributed by atoms with Gasteiger partial charge in [-0.3, -0.25) is 4.79 Å². The molecule has 18 heavy (non-hydrogen) atoms. The summed E-state index contributed by atoms with van der Waals surface area (Å²) in [5, 5.41) is 15.8. The zero-order valence-corrected chi connectivity index (χ0v) is 11.1. The van der Waals surface area contributed by atoms with Gasteiger partial charge in [0.05, 0.1) is 5.54 Å². The van der Waals surface area contributed by atoms with Crippen LogP contribution in [0.3, 0.4) is 0 Å². The van der Waals surface area contributed by atoms with Crippen LogP contribution in [0.1, 0.15) is 30.9 Å². The summed E-state index contributed by atoms with van der Waals surface area (Å²) in [6.45, 7) is 6.51. The van der Waals surface area contributed by atoms with E-state index in [0.29, 0.717) is 0 Å². The molecule has 4 heteroatoms. The number of hydrogen-bond acceptors (Lipinski definition) is 3. The van der Waals surface area contributed by atoms with Gasteiger partial charge in [-0.15, -0.1) is 0 Å². The molecule has 0 spiro atoms. The molecule has 0 bridgehead atoms. The third-order valence-electron chi connectivity index (χ3n) is 3.66. The number of aromatic hydroxyl groups is 1. The van der Waals surface area contributed by atoms with Gasteiger partial charge in [0.15, 0.2) is 0 Å². The lowest BCUT2D eigenvalue weighted by atomic mass is 9.98. The highest BCUT2D eigenvalue weighted by molar-refractivity contribution is 5.98. The first-order valence-corrected chi connectivity index (χ1v) is 6.29. The number of nitrogens with one attached hydrogen (secondary N) is 2. The Balaban J connectivity index is 2.19. The summed E-state index contributed by atoms with van der Waals surface area (Å²) in [4.78, 5) is 12.2. The number of amides is 1. The molecule has 1 unspecified atom stereocenters. The fourth-order valence-corrected chi connectivity index (χ4v) is 2.28. The summed E-state index contributed by atoms with van der Waals surface area (Å²) in [7, 11) is 0. The van der Waals surface area contributed by atoms with Crippen molar-refractivity contribution in [1.29, 1.82) is 0 Å². The van der Waals surface area contributed by atoms with Crippen molar-refractivity contribution in [3.05, 3.63) is 23.3 Å². The van der Waals surface area contributed by atoms with Crippen LogP contribution in [0.25, 0.3) is 0 Å². The standard InChI is InChI=1S/C14H20N2O2/c1-9-8-12(17)10(2)7-11(9)16-13(18)14(3)5-4-6-15-14/h7-8,15,17H,4-6H2,1-3H3,(H,16,18). The van der Waals surface area contributed by atoms with Crippen molar-refractivity contribution in [1.82, 2.24) is 5.32 Å². The highest BCUT2D eigenvalue weighted by atomic mass is 16.3. The largest absolute Gasteiger partial charge is 0.508 e. The van der Waals surface area contributed by atoms with Crippen LogP contribution in [-0.4, -0.2) is 23.1 Å². The van der Waals surface area contributed by atoms with Crippen molar-refractivity contribution >= 4 is 11.6 Å². The second kappa shape index (κ2) is 4.61. The SMILES string of the molecule is Cc1cc(NC(=O)C2(C)CCCN2)c(C)cc1O. The zero-order chi connectivity index (χ0) is 13.3. The number of benzene rings is 1. The molecule has 98 valence electrons. The van der Waals surface area contributed by atoms with E-state index in [4.69, 9.17) is 0 Å². The Morgan fingerprint density at radius 1 is 1.39 bits per heavy atom. The maximum atomic E-state index is 12.2. The number of carbonyl (C=O) groups is 1. The second-order valence-electron chi connectivity index (χ2n) is 5.27. The Bertz CT molecular complexity index is 477. The van der Waals surface area contributed by atoms with Crippen LogP contribution in [0.15, 0.2) is 12.1 Å². The molecule has 2 rings (SSSR count). The first-order valence-electron chi connectivity index (χ1n) is 6.29. The number of carbonyl (C=O) groups excluding carboxylic acids is 1. The highest BCUT2D eigenvalue weighted by Gasteiger charge is 2.35. The first kappa shape index (κ1) is 12.9. The summed E-state index contributed by atoms with van der Waals surface area (Å²) in [6.07, 6.45) is 1.88. The fraction of sp³-hybridized carbons (Fsp3) is 0.500. The lowest BCUT2D eigenvalue weighted by molar-refractivity contribution is -0.121. The molecule has 4 nitrogen and oxygen atoms in total. The molecule has 1 aliphatic heterocycles. The minimum absolute atomic E-state index is 0.00631. The predicted molar refractivity (Wildman–Crippen MR) is 71.9 cm³/mol. The van der Waals surface area contributed by atoms with E-state index in [1.165, 1.54) is 0 Å². The molecule has 1 amide bonds. The van der Waals surface area contributed by atoms with Crippen molar-refractivity contribution in [3.63, 3.8) is 0 Å². The molecule has 1 aromatic rings. The van der Waals surface area contributed by atoms with Crippen LogP contribution in [-0.2, 0) is 4.79 Å². The van der Waals surface area contributed by atoms with Crippen molar-refractivity contribution in [2.24, 2.45) is 0 Å². The molecule has 1 atom stereocenters. The van der Waals surface area contributed by atoms with Gasteiger partial charge in [0, 0.05) is 5.69 Å². The van der Waals surface area contributed by atoms with Gasteiger partial charge in [0.1, 0.15) is 5.75 Å². The van der Waals surface area contributed by atoms with Gasteiger partial charge >= 0.3 is 0 Å². The van der Waals surface area contributed by atoms with Crippen molar-refractivity contribution in [3.8, 4) is 5.75 Å². The molecule has 1 saturated heterocycles. The normalized spacial score (nSPS) is 23.1. The molecule has 1 aliphatic rings. The topological polar surface area (TPSA) is 61.4 Å². The van der Waals surface area contributed by atoms with E-state index in [1.807, 2.05) is 20.8 Å². The van der Waals surface area contributed by atoms with Gasteiger partial charge in [-0.1, -0.05) is 0 Å². The van der Waals surface area contributed by atoms with E-state index < -0.39 is 5.54 Å². The van der Waals surface area contributed by atoms with E-state index in [2.05, 4.69) is 10.6 Å². The summed E-state index contributed by atoms with van der Waals surface area (Å²) in [6, 6.07) is 3.48. The Morgan fingerprint density at radius 3 is 2.72 bits per heavy atom. The van der Waals surface area contributed by atoms with Crippen LogP contribution < -0.4 is 10.6 Å². The Labute approximate surface area is 107 Å². The van der Waals surface area contributed by atoms with Gasteiger partial charge in [-0.2, -0.15) is 0 Å². The van der Waals surface area contributed by atoms with Crippen molar-refractivity contribution in [2.75, 3.05) is 11.9 Å². The van der Waals surface area contributed by atoms with E-state index in [0.717, 1.165) is 36.2 Å². The predicted octanol–water partition coefficient (Wildman–Crippen LogP) is 2.09. The number of anilines is 1. The number of phenolic OH excluding ortho intramolecular Hbond substituents is 1. The van der Waals surface area contributed by atoms with Crippen LogP contribution in [0.5, 0.6) is 5.75 Å². The molecule has 0 radical (unpaired) electrons. The molecule has 0 aromatic heterocycles. The van der Waals surface area contributed by atoms with Gasteiger partial charge in [-0.05, 0) is 63.4 Å². The summed E-state index contributed by atoms with van der Waals surface area (Å²) < 4.78 is 0. The monoisotopic (exact) mass is 248 g/mol. The average molecular weight is 248 g/mol. The Hall–Kier alpha value is -1.55. The third-order valence-corrected chi connectivity index (χ3v) is 3.66. The zero-order valence-electron chi connectivity index (χ0n) is 11.1. The summed E-state index contributed by atoms with van der Waals surface area (Å²) in [5.41, 5.74) is 1.93. The number of hydrogen-bond donors (Lipinski definition) is 3. The van der Waals surface area contributed by atoms with Gasteiger partial charge < -0.3 is 15.7 Å². The smallest absolute Gasteiger partial charge is 0.244 e. The number of rotatable bonds is 2. The minimum Gasteiger partial charge on any atom is -0.508 e. The van der Waals surface area contributed by atoms with Gasteiger partial charge in [-0.25, -0.2) is 0 Å². The molecule has 3 N–H and O–H groups in total. The highest BCUT2D eigenvalue weighted by Crippen LogP contribution is 2.27. The van der Waals surface area contributed by atoms with E-state index in [-0.39, 0.29) is 11.7 Å². The Kier molecular flexibility index (Phi) is 3.30. The quantitative estimate of drug-likeness (QED) is 0.702. The number of aryl methyl sites for hydroxylation is 2. The minimum atomic E-state index is -0.474. The third kappa shape index (κ3) is 2.34. The molecule has 1 fully saturated rings. The van der Waals surface area contributed by atoms with Crippen LogP contribution in [0, 0.1) is 13.8 Å². The Morgan fingerprint density at radius 2 is 2.11 bits per heavy atom. The first-order chi connectivity index (χ1) is 8.42. The molecule has 0 saturated carbocycles. The van der Waals surface area contributed by atoms with Crippen molar-refractivity contribution < 1.29 is 9.90 Å². The summed E-state index contributed by atoms with van der Waals surface area (Å²) in [5.74, 6) is 0.254. The van der Waals surface area contributed by atoms with Crippen LogP contribution in [0.2, 0.25) is 0 Å². The van der Waals surface area contributed by atoms with Crippen LogP contribution in [0.4, 0.5) is 5.69 Å². The van der Waals surface area contributed by atoms with Crippen LogP contribution >= 0.6 is 0 Å². The molecule has 1 heterocycles. The molecular formula is C14H20N2O2. The van der Waals surface area contributed by atoms with E-state index in [1.54, 1.807) is 12.1 Å². The average Bonchev–Trinajstić information content (AvgIpc) is 2.74. The van der Waals surface area contributed by atoms with Gasteiger partial charge in [0.2, 0.25) is 5.91 Å². The van der Waals surface area contributed by atoms with E-state index in [9.17, 15) is 9.90 Å². The molecular weight excluding hydrogens is 228 g/mol. The molecule has 1 aromatic carbocycles. The van der Waals surface area contributed by atoms with E-state index >= 15 is 0 Å². The molecule has 0 aliphatic carbocycles. The number of phenols is 1. The second-order valence-corrected chi connectivity index (χ2v) is 5.27. The van der Waals surface area contributed by atoms with Gasteiger partial charge in [0.25, 0.3) is 0 Å². The lowest BCUT2D eigenvalue weighted by Gasteiger charge is -2.23. The maximum Gasteiger partial charge on any atom is 0.244 e. The van der Waals surface area contributed by atoms with Crippen molar-refractivity contribution in [2.45, 2.75) is 39.2 Å². The fourth-order valence-electron chi connectivity index (χ4n) is 2.28.